The molecule has 0 bridgehead atoms. The molecule has 0 aromatic carbocycles. The predicted molar refractivity (Wildman–Crippen MR) is 410 cm³/mol. The van der Waals surface area contributed by atoms with E-state index in [4.69, 9.17) is 18.9 Å². The van der Waals surface area contributed by atoms with Crippen molar-refractivity contribution in [3.63, 3.8) is 0 Å². The normalized spacial score (nSPS) is 22.4. The molecule has 0 saturated carbocycles. The van der Waals surface area contributed by atoms with E-state index in [1.165, 1.54) is 250 Å². The fourth-order valence-corrected chi connectivity index (χ4v) is 13.3. The van der Waals surface area contributed by atoms with Crippen molar-refractivity contribution in [2.24, 2.45) is 0 Å². The second-order valence-electron chi connectivity index (χ2n) is 28.9. The number of aliphatic hydroxyl groups excluding tert-OH is 8. The molecule has 2 heterocycles. The smallest absolute Gasteiger partial charge is 0.220 e. The first-order valence-corrected chi connectivity index (χ1v) is 41.3. The van der Waals surface area contributed by atoms with Gasteiger partial charge in [0.05, 0.1) is 32.0 Å². The van der Waals surface area contributed by atoms with Gasteiger partial charge in [0.2, 0.25) is 5.91 Å². The van der Waals surface area contributed by atoms with Crippen LogP contribution in [0, 0.1) is 0 Å². The van der Waals surface area contributed by atoms with E-state index in [0.29, 0.717) is 12.8 Å². The van der Waals surface area contributed by atoms with Crippen molar-refractivity contribution in [2.75, 3.05) is 19.8 Å². The molecule has 0 aromatic rings. The zero-order chi connectivity index (χ0) is 71.5. The Morgan fingerprint density at radius 1 is 0.374 bits per heavy atom. The minimum atomic E-state index is -1.80. The third-order valence-electron chi connectivity index (χ3n) is 19.8. The van der Waals surface area contributed by atoms with E-state index in [1.54, 1.807) is 6.08 Å². The number of unbranched alkanes of at least 4 members (excludes halogenated alkanes) is 44. The van der Waals surface area contributed by atoms with Crippen molar-refractivity contribution in [1.82, 2.24) is 5.32 Å². The summed E-state index contributed by atoms with van der Waals surface area (Å²) in [5.74, 6) is -0.248. The highest BCUT2D eigenvalue weighted by Gasteiger charge is 2.51. The van der Waals surface area contributed by atoms with Gasteiger partial charge in [0.25, 0.3) is 0 Å². The molecule has 0 aliphatic carbocycles. The summed E-state index contributed by atoms with van der Waals surface area (Å²) >= 11 is 0. The van der Waals surface area contributed by atoms with Gasteiger partial charge in [-0.3, -0.25) is 4.79 Å². The van der Waals surface area contributed by atoms with Gasteiger partial charge < -0.3 is 65.1 Å². The lowest BCUT2D eigenvalue weighted by Crippen LogP contribution is -2.65. The number of hydrogen-bond donors (Lipinski definition) is 9. The van der Waals surface area contributed by atoms with E-state index < -0.39 is 86.8 Å². The van der Waals surface area contributed by atoms with Crippen LogP contribution in [0.1, 0.15) is 354 Å². The van der Waals surface area contributed by atoms with E-state index in [0.717, 1.165) is 70.6 Å². The quantitative estimate of drug-likeness (QED) is 0.0204. The van der Waals surface area contributed by atoms with E-state index in [-0.39, 0.29) is 18.9 Å². The van der Waals surface area contributed by atoms with Gasteiger partial charge in [-0.05, 0) is 83.5 Å². The number of carbonyl (C=O) groups excluding carboxylic acids is 1. The molecule has 2 saturated heterocycles. The second kappa shape index (κ2) is 68.3. The van der Waals surface area contributed by atoms with Crippen molar-refractivity contribution >= 4 is 5.91 Å². The molecule has 99 heavy (non-hydrogen) atoms. The lowest BCUT2D eigenvalue weighted by atomic mass is 9.97. The molecule has 1 amide bonds. The first-order valence-electron chi connectivity index (χ1n) is 41.3. The SMILES string of the molecule is CC/C=C\C/C=C\C/C=C\C/C=C\CCCCCCCCCCCCCCCCCCCCCCCCCCCCCCC(=O)NC(COC1OC(CO)C(OC2OC(CO)C(O)C(O)C2O)C(O)C1O)C(O)/C=C/CC/C=C/CC/C=C/CCCCCCCCCCCCCCCC. The molecular weight excluding hydrogens is 1240 g/mol. The number of ether oxygens (including phenoxy) is 4. The number of aliphatic hydroxyl groups is 8. The third kappa shape index (κ3) is 51.1. The number of hydrogen-bond acceptors (Lipinski definition) is 13. The Hall–Kier alpha value is -2.83. The number of rotatable bonds is 69. The third-order valence-corrected chi connectivity index (χ3v) is 19.8. The Morgan fingerprint density at radius 2 is 0.707 bits per heavy atom. The van der Waals surface area contributed by atoms with Crippen LogP contribution in [0.5, 0.6) is 0 Å². The molecule has 12 unspecified atom stereocenters. The average molecular weight is 1400 g/mol. The van der Waals surface area contributed by atoms with Crippen LogP contribution in [-0.4, -0.2) is 140 Å². The molecule has 2 aliphatic rings. The maximum absolute atomic E-state index is 13.4. The van der Waals surface area contributed by atoms with Gasteiger partial charge in [-0.2, -0.15) is 0 Å². The monoisotopic (exact) mass is 1400 g/mol. The van der Waals surface area contributed by atoms with Crippen molar-refractivity contribution in [2.45, 2.75) is 428 Å². The van der Waals surface area contributed by atoms with Crippen molar-refractivity contribution in [3.05, 3.63) is 85.1 Å². The van der Waals surface area contributed by atoms with Crippen LogP contribution < -0.4 is 5.32 Å². The Labute approximate surface area is 605 Å². The summed E-state index contributed by atoms with van der Waals surface area (Å²) in [6, 6.07) is -0.941. The van der Waals surface area contributed by atoms with E-state index in [2.05, 4.69) is 92.1 Å². The first-order chi connectivity index (χ1) is 48.6. The standard InChI is InChI=1S/C85H153NO13/c1-3-5-7-9-11-13-15-17-19-21-23-25-27-29-30-31-32-33-34-35-36-37-38-39-40-41-42-43-44-45-47-49-51-53-55-57-59-61-63-65-67-69-77(90)86-73(72-96-84-82(95)80(93)83(76(71-88)98-84)99-85-81(94)79(92)78(91)75(70-87)97-85)74(89)68-66-64-62-60-58-56-54-52-50-48-46-28-26-24-22-20-18-16-14-12-10-8-6-4-2/h5,7,11,13,17,19,23,25,50,52,58,60,66,68,73-76,78-85,87-89,91-95H,3-4,6,8-10,12,14-16,18,20-22,24,26-49,51,53-57,59,61-65,67,69-72H2,1-2H3,(H,86,90)/b7-5-,13-11-,19-17-,25-23-,52-50+,60-58+,68-66+. The van der Waals surface area contributed by atoms with Gasteiger partial charge >= 0.3 is 0 Å². The molecule has 0 spiro atoms. The molecular formula is C85H153NO13. The van der Waals surface area contributed by atoms with Crippen LogP contribution in [0.15, 0.2) is 85.1 Å². The number of nitrogens with one attached hydrogen (secondary N) is 1. The zero-order valence-electron chi connectivity index (χ0n) is 63.2. The molecule has 14 nitrogen and oxygen atoms in total. The summed E-state index contributed by atoms with van der Waals surface area (Å²) in [4.78, 5) is 13.4. The van der Waals surface area contributed by atoms with Crippen molar-refractivity contribution < 1.29 is 64.6 Å². The van der Waals surface area contributed by atoms with Gasteiger partial charge in [-0.1, -0.05) is 349 Å². The van der Waals surface area contributed by atoms with Crippen LogP contribution in [-0.2, 0) is 23.7 Å². The van der Waals surface area contributed by atoms with E-state index in [9.17, 15) is 45.6 Å². The fourth-order valence-electron chi connectivity index (χ4n) is 13.3. The molecule has 0 radical (unpaired) electrons. The van der Waals surface area contributed by atoms with Gasteiger partial charge in [-0.25, -0.2) is 0 Å². The summed E-state index contributed by atoms with van der Waals surface area (Å²) in [5.41, 5.74) is 0. The molecule has 2 fully saturated rings. The zero-order valence-corrected chi connectivity index (χ0v) is 63.2. The van der Waals surface area contributed by atoms with Gasteiger partial charge in [-0.15, -0.1) is 0 Å². The molecule has 9 N–H and O–H groups in total. The summed E-state index contributed by atoms with van der Waals surface area (Å²) in [6.07, 6.45) is 79.7. The van der Waals surface area contributed by atoms with Crippen molar-refractivity contribution in [3.8, 4) is 0 Å². The highest BCUT2D eigenvalue weighted by atomic mass is 16.7. The minimum Gasteiger partial charge on any atom is -0.394 e. The molecule has 2 rings (SSSR count). The van der Waals surface area contributed by atoms with Crippen LogP contribution in [0.3, 0.4) is 0 Å². The molecule has 2 aliphatic heterocycles. The summed E-state index contributed by atoms with van der Waals surface area (Å²) in [5, 5.41) is 87.6. The topological polar surface area (TPSA) is 228 Å². The van der Waals surface area contributed by atoms with Crippen LogP contribution >= 0.6 is 0 Å². The summed E-state index contributed by atoms with van der Waals surface area (Å²) in [6.45, 7) is 2.71. The maximum Gasteiger partial charge on any atom is 0.220 e. The predicted octanol–water partition coefficient (Wildman–Crippen LogP) is 19.1. The summed E-state index contributed by atoms with van der Waals surface area (Å²) < 4.78 is 22.9. The van der Waals surface area contributed by atoms with Gasteiger partial charge in [0.1, 0.15) is 48.8 Å². The van der Waals surface area contributed by atoms with E-state index in [1.807, 2.05) is 6.08 Å². The molecule has 14 heteroatoms. The second-order valence-corrected chi connectivity index (χ2v) is 28.9. The fraction of sp³-hybridized carbons (Fsp3) is 0.824. The Bertz CT molecular complexity index is 1990. The van der Waals surface area contributed by atoms with Crippen molar-refractivity contribution in [1.29, 1.82) is 0 Å². The highest BCUT2D eigenvalue weighted by molar-refractivity contribution is 5.76. The van der Waals surface area contributed by atoms with Gasteiger partial charge in [0.15, 0.2) is 12.6 Å². The lowest BCUT2D eigenvalue weighted by Gasteiger charge is -2.46. The van der Waals surface area contributed by atoms with E-state index >= 15 is 0 Å². The van der Waals surface area contributed by atoms with Crippen LogP contribution in [0.4, 0.5) is 0 Å². The Morgan fingerprint density at radius 3 is 1.11 bits per heavy atom. The first kappa shape index (κ1) is 92.3. The average Bonchev–Trinajstić information content (AvgIpc) is 0.799. The number of amides is 1. The number of allylic oxidation sites excluding steroid dienone is 13. The summed E-state index contributed by atoms with van der Waals surface area (Å²) in [7, 11) is 0. The van der Waals surface area contributed by atoms with Gasteiger partial charge in [0, 0.05) is 6.42 Å². The maximum atomic E-state index is 13.4. The van der Waals surface area contributed by atoms with Crippen LogP contribution in [0.25, 0.3) is 0 Å². The lowest BCUT2D eigenvalue weighted by molar-refractivity contribution is -0.359. The Kier molecular flexibility index (Phi) is 63.6. The Balaban J connectivity index is 1.58. The molecule has 12 atom stereocenters. The minimum absolute atomic E-state index is 0.248. The molecule has 576 valence electrons. The number of carbonyl (C=O) groups is 1. The van der Waals surface area contributed by atoms with Crippen LogP contribution in [0.2, 0.25) is 0 Å². The highest BCUT2D eigenvalue weighted by Crippen LogP contribution is 2.30. The largest absolute Gasteiger partial charge is 0.394 e. The molecule has 0 aromatic heterocycles.